The molecule has 0 spiro atoms. The number of carbonyl (C=O) groups excluding carboxylic acids is 1. The predicted molar refractivity (Wildman–Crippen MR) is 117 cm³/mol. The quantitative estimate of drug-likeness (QED) is 0.628. The number of carbonyl (C=O) groups is 1. The molecule has 1 aliphatic heterocycles. The smallest absolute Gasteiger partial charge is 0.255 e. The minimum absolute atomic E-state index is 0.218. The molecule has 1 atom stereocenters. The molecule has 7 heteroatoms. The first-order chi connectivity index (χ1) is 13.4. The highest BCUT2D eigenvalue weighted by Gasteiger charge is 2.30. The number of benzene rings is 2. The van der Waals surface area contributed by atoms with Gasteiger partial charge in [0.05, 0.1) is 18.2 Å². The zero-order valence-corrected chi connectivity index (χ0v) is 17.5. The van der Waals surface area contributed by atoms with Crippen LogP contribution >= 0.6 is 23.8 Å². The van der Waals surface area contributed by atoms with E-state index < -0.39 is 0 Å². The van der Waals surface area contributed by atoms with Gasteiger partial charge in [-0.3, -0.25) is 4.79 Å². The summed E-state index contributed by atoms with van der Waals surface area (Å²) in [5.74, 6) is 0.563. The number of aryl methyl sites for hydroxylation is 1. The maximum Gasteiger partial charge on any atom is 0.255 e. The summed E-state index contributed by atoms with van der Waals surface area (Å²) in [5.41, 5.74) is 3.80. The topological polar surface area (TPSA) is 62.4 Å². The highest BCUT2D eigenvalue weighted by atomic mass is 35.5. The zero-order valence-electron chi connectivity index (χ0n) is 15.9. The number of halogens is 1. The summed E-state index contributed by atoms with van der Waals surface area (Å²) in [6.07, 6.45) is 0. The third kappa shape index (κ3) is 4.46. The molecular weight excluding hydrogens is 394 g/mol. The normalized spacial score (nSPS) is 16.3. The maximum atomic E-state index is 13.1. The van der Waals surface area contributed by atoms with Crippen LogP contribution in [-0.4, -0.2) is 17.6 Å². The van der Waals surface area contributed by atoms with Crippen molar-refractivity contribution in [2.45, 2.75) is 26.8 Å². The SMILES string of the molecule is CCOc1ccc([C@@H]2NC(=S)NC(C)=C2C(=O)Nc2cc(Cl)ccc2C)cc1. The van der Waals surface area contributed by atoms with Crippen LogP contribution in [0, 0.1) is 6.92 Å². The summed E-state index contributed by atoms with van der Waals surface area (Å²) in [6, 6.07) is 12.7. The average molecular weight is 416 g/mol. The lowest BCUT2D eigenvalue weighted by Gasteiger charge is -2.30. The van der Waals surface area contributed by atoms with Crippen LogP contribution in [0.25, 0.3) is 0 Å². The molecule has 2 aromatic rings. The van der Waals surface area contributed by atoms with Gasteiger partial charge in [-0.25, -0.2) is 0 Å². The lowest BCUT2D eigenvalue weighted by molar-refractivity contribution is -0.113. The predicted octanol–water partition coefficient (Wildman–Crippen LogP) is 4.48. The maximum absolute atomic E-state index is 13.1. The molecule has 1 heterocycles. The molecular formula is C21H22ClN3O2S. The number of ether oxygens (including phenoxy) is 1. The number of allylic oxidation sites excluding steroid dienone is 1. The van der Waals surface area contributed by atoms with Gasteiger partial charge in [0.15, 0.2) is 5.11 Å². The second-order valence-electron chi connectivity index (χ2n) is 6.49. The van der Waals surface area contributed by atoms with Crippen LogP contribution < -0.4 is 20.7 Å². The highest BCUT2D eigenvalue weighted by molar-refractivity contribution is 7.80. The van der Waals surface area contributed by atoms with Crippen molar-refractivity contribution < 1.29 is 9.53 Å². The van der Waals surface area contributed by atoms with Crippen molar-refractivity contribution in [1.82, 2.24) is 10.6 Å². The fraction of sp³-hybridized carbons (Fsp3) is 0.238. The largest absolute Gasteiger partial charge is 0.494 e. The molecule has 5 nitrogen and oxygen atoms in total. The Bertz CT molecular complexity index is 941. The molecule has 1 amide bonds. The average Bonchev–Trinajstić information content (AvgIpc) is 2.65. The zero-order chi connectivity index (χ0) is 20.3. The van der Waals surface area contributed by atoms with Gasteiger partial charge < -0.3 is 20.7 Å². The van der Waals surface area contributed by atoms with E-state index in [-0.39, 0.29) is 11.9 Å². The van der Waals surface area contributed by atoms with E-state index in [0.29, 0.717) is 33.7 Å². The van der Waals surface area contributed by atoms with Crippen LogP contribution in [0.5, 0.6) is 5.75 Å². The van der Waals surface area contributed by atoms with Crippen molar-refractivity contribution >= 4 is 40.5 Å². The monoisotopic (exact) mass is 415 g/mol. The number of nitrogens with one attached hydrogen (secondary N) is 3. The van der Waals surface area contributed by atoms with E-state index in [1.165, 1.54) is 0 Å². The van der Waals surface area contributed by atoms with Gasteiger partial charge in [0.25, 0.3) is 5.91 Å². The van der Waals surface area contributed by atoms with Gasteiger partial charge in [0, 0.05) is 16.4 Å². The van der Waals surface area contributed by atoms with Gasteiger partial charge >= 0.3 is 0 Å². The molecule has 0 radical (unpaired) electrons. The molecule has 3 rings (SSSR count). The van der Waals surface area contributed by atoms with Crippen LogP contribution in [0.15, 0.2) is 53.7 Å². The van der Waals surface area contributed by atoms with Gasteiger partial charge in [-0.15, -0.1) is 0 Å². The minimum atomic E-state index is -0.371. The van der Waals surface area contributed by atoms with E-state index in [1.54, 1.807) is 12.1 Å². The highest BCUT2D eigenvalue weighted by Crippen LogP contribution is 2.30. The number of rotatable bonds is 5. The Kier molecular flexibility index (Phi) is 6.21. The van der Waals surface area contributed by atoms with Crippen molar-refractivity contribution in [3.05, 3.63) is 69.9 Å². The lowest BCUT2D eigenvalue weighted by Crippen LogP contribution is -2.45. The molecule has 1 aliphatic rings. The Morgan fingerprint density at radius 1 is 1.21 bits per heavy atom. The minimum Gasteiger partial charge on any atom is -0.494 e. The Labute approximate surface area is 175 Å². The summed E-state index contributed by atoms with van der Waals surface area (Å²) in [7, 11) is 0. The number of thiocarbonyl (C=S) groups is 1. The van der Waals surface area contributed by atoms with Gasteiger partial charge in [-0.2, -0.15) is 0 Å². The van der Waals surface area contributed by atoms with Gasteiger partial charge in [0.2, 0.25) is 0 Å². The van der Waals surface area contributed by atoms with E-state index in [1.807, 2.05) is 51.1 Å². The summed E-state index contributed by atoms with van der Waals surface area (Å²) in [6.45, 7) is 6.30. The molecule has 3 N–H and O–H groups in total. The Balaban J connectivity index is 1.92. The Morgan fingerprint density at radius 2 is 1.93 bits per heavy atom. The fourth-order valence-corrected chi connectivity index (χ4v) is 3.53. The first-order valence-corrected chi connectivity index (χ1v) is 9.76. The van der Waals surface area contributed by atoms with Gasteiger partial charge in [-0.05, 0) is 68.4 Å². The summed E-state index contributed by atoms with van der Waals surface area (Å²) in [4.78, 5) is 13.1. The number of amides is 1. The number of hydrogen-bond donors (Lipinski definition) is 3. The van der Waals surface area contributed by atoms with E-state index in [0.717, 1.165) is 16.9 Å². The van der Waals surface area contributed by atoms with Gasteiger partial charge in [0.1, 0.15) is 5.75 Å². The van der Waals surface area contributed by atoms with Crippen LogP contribution in [0.2, 0.25) is 5.02 Å². The molecule has 2 aromatic carbocycles. The van der Waals surface area contributed by atoms with E-state index in [4.69, 9.17) is 28.6 Å². The van der Waals surface area contributed by atoms with E-state index in [9.17, 15) is 4.79 Å². The van der Waals surface area contributed by atoms with Crippen molar-refractivity contribution in [1.29, 1.82) is 0 Å². The van der Waals surface area contributed by atoms with Gasteiger partial charge in [-0.1, -0.05) is 29.8 Å². The Hall–Kier alpha value is -2.57. The Morgan fingerprint density at radius 3 is 2.61 bits per heavy atom. The fourth-order valence-electron chi connectivity index (χ4n) is 3.09. The third-order valence-corrected chi connectivity index (χ3v) is 4.94. The molecule has 28 heavy (non-hydrogen) atoms. The first-order valence-electron chi connectivity index (χ1n) is 8.97. The molecule has 0 aromatic heterocycles. The van der Waals surface area contributed by atoms with Crippen molar-refractivity contribution in [2.24, 2.45) is 0 Å². The lowest BCUT2D eigenvalue weighted by atomic mass is 9.94. The molecule has 0 aliphatic carbocycles. The van der Waals surface area contributed by atoms with Crippen molar-refractivity contribution in [2.75, 3.05) is 11.9 Å². The molecule has 0 bridgehead atoms. The van der Waals surface area contributed by atoms with E-state index >= 15 is 0 Å². The molecule has 0 unspecified atom stereocenters. The summed E-state index contributed by atoms with van der Waals surface area (Å²) in [5, 5.41) is 10.2. The first kappa shape index (κ1) is 20.2. The number of hydrogen-bond acceptors (Lipinski definition) is 3. The van der Waals surface area contributed by atoms with Crippen LogP contribution in [0.1, 0.15) is 31.0 Å². The number of anilines is 1. The van der Waals surface area contributed by atoms with Crippen LogP contribution in [0.3, 0.4) is 0 Å². The third-order valence-electron chi connectivity index (χ3n) is 4.49. The van der Waals surface area contributed by atoms with Crippen molar-refractivity contribution in [3.8, 4) is 5.75 Å². The van der Waals surface area contributed by atoms with Crippen LogP contribution in [0.4, 0.5) is 5.69 Å². The molecule has 0 fully saturated rings. The van der Waals surface area contributed by atoms with E-state index in [2.05, 4.69) is 16.0 Å². The second kappa shape index (κ2) is 8.63. The molecule has 0 saturated heterocycles. The molecule has 0 saturated carbocycles. The summed E-state index contributed by atoms with van der Waals surface area (Å²) >= 11 is 11.4. The standard InChI is InChI=1S/C21H22ClN3O2S/c1-4-27-16-9-6-14(7-10-16)19-18(13(3)23-21(28)25-19)20(26)24-17-11-15(22)8-5-12(17)2/h5-11,19H,4H2,1-3H3,(H,24,26)(H2,23,25,28)/t19-/m0/s1. The second-order valence-corrected chi connectivity index (χ2v) is 7.33. The molecule has 146 valence electrons. The summed E-state index contributed by atoms with van der Waals surface area (Å²) < 4.78 is 5.51. The van der Waals surface area contributed by atoms with Crippen LogP contribution in [-0.2, 0) is 4.79 Å². The van der Waals surface area contributed by atoms with Crippen molar-refractivity contribution in [3.63, 3.8) is 0 Å².